The van der Waals surface area contributed by atoms with Crippen LogP contribution in [-0.4, -0.2) is 6.04 Å². The first-order valence-corrected chi connectivity index (χ1v) is 7.64. The number of hydrogen-bond acceptors (Lipinski definition) is 3. The Morgan fingerprint density at radius 3 is 2.83 bits per heavy atom. The van der Waals surface area contributed by atoms with E-state index in [-0.39, 0.29) is 11.9 Å². The van der Waals surface area contributed by atoms with Crippen molar-refractivity contribution in [2.24, 2.45) is 5.73 Å². The summed E-state index contributed by atoms with van der Waals surface area (Å²) in [5, 5.41) is 1.99. The van der Waals surface area contributed by atoms with Crippen LogP contribution in [0.1, 0.15) is 18.9 Å². The van der Waals surface area contributed by atoms with Crippen molar-refractivity contribution >= 4 is 23.1 Å². The van der Waals surface area contributed by atoms with E-state index in [1.165, 1.54) is 11.8 Å². The molecule has 0 aliphatic carbocycles. The molecule has 0 spiro atoms. The van der Waals surface area contributed by atoms with Crippen LogP contribution in [0.5, 0.6) is 0 Å². The minimum atomic E-state index is -0.158. The Kier molecular flexibility index (Phi) is 4.80. The lowest BCUT2D eigenvalue weighted by atomic mass is 10.0. The number of benzene rings is 1. The highest BCUT2D eigenvalue weighted by Crippen LogP contribution is 2.33. The first-order valence-electron chi connectivity index (χ1n) is 5.94. The van der Waals surface area contributed by atoms with Crippen molar-refractivity contribution < 1.29 is 4.39 Å². The Labute approximate surface area is 115 Å². The van der Waals surface area contributed by atoms with Gasteiger partial charge in [-0.05, 0) is 42.0 Å². The second-order valence-corrected chi connectivity index (χ2v) is 6.46. The normalized spacial score (nSPS) is 12.6. The first kappa shape index (κ1) is 13.6. The zero-order valence-corrected chi connectivity index (χ0v) is 11.9. The topological polar surface area (TPSA) is 26.0 Å². The Morgan fingerprint density at radius 2 is 2.22 bits per heavy atom. The highest BCUT2D eigenvalue weighted by Gasteiger charge is 2.08. The molecule has 0 radical (unpaired) electrons. The third-order valence-corrected chi connectivity index (χ3v) is 4.81. The zero-order chi connectivity index (χ0) is 13.0. The van der Waals surface area contributed by atoms with Gasteiger partial charge < -0.3 is 5.73 Å². The molecule has 1 aromatic carbocycles. The number of halogens is 1. The first-order chi connectivity index (χ1) is 8.69. The van der Waals surface area contributed by atoms with Crippen LogP contribution in [0.4, 0.5) is 4.39 Å². The zero-order valence-electron chi connectivity index (χ0n) is 10.2. The van der Waals surface area contributed by atoms with E-state index in [9.17, 15) is 4.39 Å². The molecule has 0 saturated carbocycles. The average molecular weight is 281 g/mol. The summed E-state index contributed by atoms with van der Waals surface area (Å²) in [6.07, 6.45) is 1.64. The van der Waals surface area contributed by atoms with E-state index in [1.807, 2.05) is 36.6 Å². The molecule has 0 aliphatic heterocycles. The Bertz CT molecular complexity index is 497. The van der Waals surface area contributed by atoms with E-state index < -0.39 is 0 Å². The van der Waals surface area contributed by atoms with E-state index in [2.05, 4.69) is 0 Å². The lowest BCUT2D eigenvalue weighted by Crippen LogP contribution is -2.21. The molecule has 2 N–H and O–H groups in total. The maximum Gasteiger partial charge on any atom is 0.137 e. The molecule has 0 fully saturated rings. The third-order valence-electron chi connectivity index (χ3n) is 2.72. The molecule has 18 heavy (non-hydrogen) atoms. The Morgan fingerprint density at radius 1 is 1.39 bits per heavy atom. The molecule has 0 aliphatic rings. The molecule has 1 nitrogen and oxygen atoms in total. The van der Waals surface area contributed by atoms with Crippen molar-refractivity contribution in [1.29, 1.82) is 0 Å². The predicted octanol–water partition coefficient (Wildman–Crippen LogP) is 4.32. The fourth-order valence-electron chi connectivity index (χ4n) is 1.63. The van der Waals surface area contributed by atoms with Gasteiger partial charge in [-0.15, -0.1) is 11.3 Å². The number of hydrogen-bond donors (Lipinski definition) is 1. The van der Waals surface area contributed by atoms with Gasteiger partial charge in [0.1, 0.15) is 5.82 Å². The van der Waals surface area contributed by atoms with Crippen molar-refractivity contribution in [3.05, 3.63) is 47.1 Å². The standard InChI is InChI=1S/C14H16FNS2/c1-2-11(16)8-10-5-6-13(12(15)9-10)18-14-4-3-7-17-14/h3-7,9,11H,2,8,16H2,1H3. The van der Waals surface area contributed by atoms with E-state index in [0.717, 1.165) is 22.6 Å². The maximum atomic E-state index is 13.9. The van der Waals surface area contributed by atoms with Crippen LogP contribution in [0.15, 0.2) is 44.8 Å². The van der Waals surface area contributed by atoms with Crippen molar-refractivity contribution in [3.63, 3.8) is 0 Å². The molecule has 0 amide bonds. The van der Waals surface area contributed by atoms with E-state index in [1.54, 1.807) is 17.4 Å². The lowest BCUT2D eigenvalue weighted by molar-refractivity contribution is 0.593. The fraction of sp³-hybridized carbons (Fsp3) is 0.286. The van der Waals surface area contributed by atoms with E-state index in [0.29, 0.717) is 4.90 Å². The largest absolute Gasteiger partial charge is 0.327 e. The monoisotopic (exact) mass is 281 g/mol. The molecule has 4 heteroatoms. The van der Waals surface area contributed by atoms with Crippen LogP contribution in [-0.2, 0) is 6.42 Å². The smallest absolute Gasteiger partial charge is 0.137 e. The molecule has 0 bridgehead atoms. The Hall–Kier alpha value is -0.840. The summed E-state index contributed by atoms with van der Waals surface area (Å²) in [6, 6.07) is 9.49. The van der Waals surface area contributed by atoms with Crippen molar-refractivity contribution in [1.82, 2.24) is 0 Å². The minimum absolute atomic E-state index is 0.111. The number of rotatable bonds is 5. The van der Waals surface area contributed by atoms with Gasteiger partial charge in [-0.3, -0.25) is 0 Å². The molecule has 2 rings (SSSR count). The molecule has 1 unspecified atom stereocenters. The van der Waals surface area contributed by atoms with Gasteiger partial charge in [-0.2, -0.15) is 0 Å². The molecule has 2 aromatic rings. The maximum absolute atomic E-state index is 13.9. The predicted molar refractivity (Wildman–Crippen MR) is 76.8 cm³/mol. The average Bonchev–Trinajstić information content (AvgIpc) is 2.85. The summed E-state index contributed by atoms with van der Waals surface area (Å²) in [7, 11) is 0. The number of thiophene rings is 1. The Balaban J connectivity index is 2.10. The summed E-state index contributed by atoms with van der Waals surface area (Å²) in [4.78, 5) is 0.672. The van der Waals surface area contributed by atoms with Crippen molar-refractivity contribution in [2.75, 3.05) is 0 Å². The quantitative estimate of drug-likeness (QED) is 0.883. The summed E-state index contributed by atoms with van der Waals surface area (Å²) in [6.45, 7) is 2.04. The van der Waals surface area contributed by atoms with Gasteiger partial charge >= 0.3 is 0 Å². The van der Waals surface area contributed by atoms with Gasteiger partial charge in [0.15, 0.2) is 0 Å². The molecule has 0 saturated heterocycles. The van der Waals surface area contributed by atoms with E-state index >= 15 is 0 Å². The van der Waals surface area contributed by atoms with Crippen LogP contribution < -0.4 is 5.73 Å². The number of nitrogens with two attached hydrogens (primary N) is 1. The van der Waals surface area contributed by atoms with Gasteiger partial charge in [0.05, 0.1) is 4.21 Å². The summed E-state index contributed by atoms with van der Waals surface area (Å²) in [5.41, 5.74) is 6.85. The molecule has 1 atom stereocenters. The molecular formula is C14H16FNS2. The highest BCUT2D eigenvalue weighted by atomic mass is 32.2. The molecular weight excluding hydrogens is 265 g/mol. The lowest BCUT2D eigenvalue weighted by Gasteiger charge is -2.09. The summed E-state index contributed by atoms with van der Waals surface area (Å²) < 4.78 is 15.0. The van der Waals surface area contributed by atoms with Crippen molar-refractivity contribution in [2.45, 2.75) is 34.9 Å². The molecule has 1 heterocycles. The van der Waals surface area contributed by atoms with Crippen LogP contribution in [0.25, 0.3) is 0 Å². The summed E-state index contributed by atoms with van der Waals surface area (Å²) in [5.74, 6) is -0.158. The van der Waals surface area contributed by atoms with Gasteiger partial charge in [-0.25, -0.2) is 4.39 Å². The van der Waals surface area contributed by atoms with Gasteiger partial charge in [0, 0.05) is 10.9 Å². The van der Waals surface area contributed by atoms with Crippen LogP contribution >= 0.6 is 23.1 Å². The van der Waals surface area contributed by atoms with Crippen LogP contribution in [0.2, 0.25) is 0 Å². The van der Waals surface area contributed by atoms with Crippen LogP contribution in [0.3, 0.4) is 0 Å². The second-order valence-electron chi connectivity index (χ2n) is 4.17. The van der Waals surface area contributed by atoms with Crippen LogP contribution in [0, 0.1) is 5.82 Å². The van der Waals surface area contributed by atoms with Gasteiger partial charge in [0.2, 0.25) is 0 Å². The van der Waals surface area contributed by atoms with E-state index in [4.69, 9.17) is 5.73 Å². The fourth-order valence-corrected chi connectivity index (χ4v) is 3.36. The highest BCUT2D eigenvalue weighted by molar-refractivity contribution is 8.01. The second kappa shape index (κ2) is 6.36. The molecule has 96 valence electrons. The SMILES string of the molecule is CCC(N)Cc1ccc(Sc2cccs2)c(F)c1. The third kappa shape index (κ3) is 3.57. The summed E-state index contributed by atoms with van der Waals surface area (Å²) >= 11 is 3.09. The minimum Gasteiger partial charge on any atom is -0.327 e. The van der Waals surface area contributed by atoms with Gasteiger partial charge in [-0.1, -0.05) is 30.8 Å². The van der Waals surface area contributed by atoms with Gasteiger partial charge in [0.25, 0.3) is 0 Å². The molecule has 1 aromatic heterocycles. The van der Waals surface area contributed by atoms with Crippen molar-refractivity contribution in [3.8, 4) is 0 Å².